The van der Waals surface area contributed by atoms with Crippen molar-refractivity contribution in [3.05, 3.63) is 42.5 Å². The number of rotatable bonds is 7. The number of carbonyl (C=O) groups excluding carboxylic acids is 2. The van der Waals surface area contributed by atoms with Gasteiger partial charge in [0.2, 0.25) is 0 Å². The Morgan fingerprint density at radius 2 is 1.88 bits per heavy atom. The predicted molar refractivity (Wildman–Crippen MR) is 95.1 cm³/mol. The first-order valence-electron chi connectivity index (χ1n) is 8.11. The SMILES string of the molecule is C=CCC(CC(=O)OCC)c1ccc(NC(=O)OC(C)(C)C)cc1. The zero-order valence-electron chi connectivity index (χ0n) is 14.9. The fraction of sp³-hybridized carbons (Fsp3) is 0.474. The molecule has 1 rings (SSSR count). The van der Waals surface area contributed by atoms with Crippen LogP contribution in [-0.2, 0) is 14.3 Å². The predicted octanol–water partition coefficient (Wildman–Crippen LogP) is 4.65. The number of esters is 1. The van der Waals surface area contributed by atoms with Gasteiger partial charge >= 0.3 is 12.1 Å². The molecule has 1 aromatic rings. The van der Waals surface area contributed by atoms with E-state index in [4.69, 9.17) is 9.47 Å². The first kappa shape index (κ1) is 19.7. The van der Waals surface area contributed by atoms with Crippen LogP contribution in [0, 0.1) is 0 Å². The van der Waals surface area contributed by atoms with Crippen LogP contribution in [0.5, 0.6) is 0 Å². The molecule has 24 heavy (non-hydrogen) atoms. The minimum Gasteiger partial charge on any atom is -0.466 e. The summed E-state index contributed by atoms with van der Waals surface area (Å²) in [5.74, 6) is -0.211. The van der Waals surface area contributed by atoms with Gasteiger partial charge in [-0.2, -0.15) is 0 Å². The highest BCUT2D eigenvalue weighted by molar-refractivity contribution is 5.84. The van der Waals surface area contributed by atoms with E-state index in [0.29, 0.717) is 25.1 Å². The fourth-order valence-corrected chi connectivity index (χ4v) is 2.22. The van der Waals surface area contributed by atoms with Crippen LogP contribution in [0.2, 0.25) is 0 Å². The fourth-order valence-electron chi connectivity index (χ4n) is 2.22. The second kappa shape index (κ2) is 9.11. The minimum absolute atomic E-state index is 0.0112. The van der Waals surface area contributed by atoms with Gasteiger partial charge in [-0.25, -0.2) is 4.79 Å². The highest BCUT2D eigenvalue weighted by Crippen LogP contribution is 2.26. The van der Waals surface area contributed by atoms with E-state index < -0.39 is 11.7 Å². The summed E-state index contributed by atoms with van der Waals surface area (Å²) in [6.07, 6.45) is 2.28. The van der Waals surface area contributed by atoms with Crippen molar-refractivity contribution in [1.29, 1.82) is 0 Å². The standard InChI is InChI=1S/C19H27NO4/c1-6-8-15(13-17(21)23-7-2)14-9-11-16(12-10-14)20-18(22)24-19(3,4)5/h6,9-12,15H,1,7-8,13H2,2-5H3,(H,20,22). The molecule has 0 fully saturated rings. The van der Waals surface area contributed by atoms with Gasteiger partial charge in [-0.05, 0) is 57.7 Å². The number of hydrogen-bond donors (Lipinski definition) is 1. The number of anilines is 1. The first-order valence-corrected chi connectivity index (χ1v) is 8.11. The van der Waals surface area contributed by atoms with Crippen molar-refractivity contribution in [2.75, 3.05) is 11.9 Å². The summed E-state index contributed by atoms with van der Waals surface area (Å²) in [6.45, 7) is 11.3. The van der Waals surface area contributed by atoms with Gasteiger partial charge in [0.15, 0.2) is 0 Å². The molecule has 0 saturated carbocycles. The Morgan fingerprint density at radius 1 is 1.25 bits per heavy atom. The van der Waals surface area contributed by atoms with Crippen LogP contribution in [0.15, 0.2) is 36.9 Å². The molecule has 0 aliphatic carbocycles. The van der Waals surface area contributed by atoms with Crippen LogP contribution in [0.1, 0.15) is 52.0 Å². The second-order valence-corrected chi connectivity index (χ2v) is 6.48. The number of carbonyl (C=O) groups is 2. The van der Waals surface area contributed by atoms with Crippen molar-refractivity contribution in [2.45, 2.75) is 52.1 Å². The molecule has 0 saturated heterocycles. The average molecular weight is 333 g/mol. The molecule has 1 N–H and O–H groups in total. The molecule has 0 heterocycles. The van der Waals surface area contributed by atoms with Crippen molar-refractivity contribution in [1.82, 2.24) is 0 Å². The highest BCUT2D eigenvalue weighted by Gasteiger charge is 2.18. The Hall–Kier alpha value is -2.30. The Kier molecular flexibility index (Phi) is 7.49. The van der Waals surface area contributed by atoms with Gasteiger partial charge in [0.25, 0.3) is 0 Å². The van der Waals surface area contributed by atoms with E-state index in [1.165, 1.54) is 0 Å². The molecule has 5 heteroatoms. The molecule has 1 amide bonds. The molecular formula is C19H27NO4. The van der Waals surface area contributed by atoms with Gasteiger partial charge in [-0.3, -0.25) is 10.1 Å². The maximum absolute atomic E-state index is 11.8. The van der Waals surface area contributed by atoms with E-state index >= 15 is 0 Å². The monoisotopic (exact) mass is 333 g/mol. The first-order chi connectivity index (χ1) is 11.2. The highest BCUT2D eigenvalue weighted by atomic mass is 16.6. The maximum atomic E-state index is 11.8. The molecule has 132 valence electrons. The smallest absolute Gasteiger partial charge is 0.412 e. The maximum Gasteiger partial charge on any atom is 0.412 e. The largest absolute Gasteiger partial charge is 0.466 e. The van der Waals surface area contributed by atoms with Gasteiger partial charge in [0.05, 0.1) is 13.0 Å². The molecule has 1 atom stereocenters. The Bertz CT molecular complexity index is 558. The topological polar surface area (TPSA) is 64.6 Å². The number of hydrogen-bond acceptors (Lipinski definition) is 4. The molecular weight excluding hydrogens is 306 g/mol. The lowest BCUT2D eigenvalue weighted by Gasteiger charge is -2.20. The van der Waals surface area contributed by atoms with Crippen molar-refractivity contribution >= 4 is 17.7 Å². The summed E-state index contributed by atoms with van der Waals surface area (Å²) in [5, 5.41) is 2.68. The van der Waals surface area contributed by atoms with Crippen molar-refractivity contribution < 1.29 is 19.1 Å². The van der Waals surface area contributed by atoms with E-state index in [9.17, 15) is 9.59 Å². The molecule has 0 aliphatic rings. The minimum atomic E-state index is -0.543. The van der Waals surface area contributed by atoms with Gasteiger partial charge in [0, 0.05) is 5.69 Å². The quantitative estimate of drug-likeness (QED) is 0.583. The summed E-state index contributed by atoms with van der Waals surface area (Å²) >= 11 is 0. The summed E-state index contributed by atoms with van der Waals surface area (Å²) in [5.41, 5.74) is 1.10. The van der Waals surface area contributed by atoms with Crippen molar-refractivity contribution in [2.24, 2.45) is 0 Å². The van der Waals surface area contributed by atoms with Gasteiger partial charge in [-0.15, -0.1) is 6.58 Å². The molecule has 1 unspecified atom stereocenters. The number of benzene rings is 1. The van der Waals surface area contributed by atoms with Crippen LogP contribution >= 0.6 is 0 Å². The normalized spacial score (nSPS) is 12.2. The third-order valence-corrected chi connectivity index (χ3v) is 3.20. The van der Waals surface area contributed by atoms with Crippen LogP contribution in [0.4, 0.5) is 10.5 Å². The average Bonchev–Trinajstić information content (AvgIpc) is 2.46. The van der Waals surface area contributed by atoms with Gasteiger partial charge in [-0.1, -0.05) is 18.2 Å². The lowest BCUT2D eigenvalue weighted by atomic mass is 9.92. The van der Waals surface area contributed by atoms with Crippen LogP contribution in [0.25, 0.3) is 0 Å². The van der Waals surface area contributed by atoms with Crippen LogP contribution < -0.4 is 5.32 Å². The molecule has 1 aromatic carbocycles. The number of nitrogens with one attached hydrogen (secondary N) is 1. The van der Waals surface area contributed by atoms with E-state index in [-0.39, 0.29) is 11.9 Å². The van der Waals surface area contributed by atoms with Gasteiger partial charge in [0.1, 0.15) is 5.60 Å². The summed E-state index contributed by atoms with van der Waals surface area (Å²) in [4.78, 5) is 23.5. The van der Waals surface area contributed by atoms with E-state index in [1.54, 1.807) is 25.1 Å². The molecule has 0 radical (unpaired) electrons. The molecule has 5 nitrogen and oxygen atoms in total. The number of allylic oxidation sites excluding steroid dienone is 1. The third-order valence-electron chi connectivity index (χ3n) is 3.20. The van der Waals surface area contributed by atoms with Crippen LogP contribution in [-0.4, -0.2) is 24.3 Å². The van der Waals surface area contributed by atoms with E-state index in [0.717, 1.165) is 5.56 Å². The summed E-state index contributed by atoms with van der Waals surface area (Å²) in [6, 6.07) is 7.36. The summed E-state index contributed by atoms with van der Waals surface area (Å²) < 4.78 is 10.2. The van der Waals surface area contributed by atoms with E-state index in [2.05, 4.69) is 11.9 Å². The molecule has 0 aliphatic heterocycles. The Balaban J connectivity index is 2.74. The summed E-state index contributed by atoms with van der Waals surface area (Å²) in [7, 11) is 0. The number of ether oxygens (including phenoxy) is 2. The Morgan fingerprint density at radius 3 is 2.38 bits per heavy atom. The number of amides is 1. The molecule has 0 spiro atoms. The zero-order valence-corrected chi connectivity index (χ0v) is 14.9. The lowest BCUT2D eigenvalue weighted by Crippen LogP contribution is -2.27. The van der Waals surface area contributed by atoms with Crippen molar-refractivity contribution in [3.8, 4) is 0 Å². The second-order valence-electron chi connectivity index (χ2n) is 6.48. The molecule has 0 bridgehead atoms. The van der Waals surface area contributed by atoms with E-state index in [1.807, 2.05) is 32.9 Å². The Labute approximate surface area is 144 Å². The van der Waals surface area contributed by atoms with Crippen molar-refractivity contribution in [3.63, 3.8) is 0 Å². The van der Waals surface area contributed by atoms with Gasteiger partial charge < -0.3 is 9.47 Å². The zero-order chi connectivity index (χ0) is 18.2. The molecule has 0 aromatic heterocycles. The lowest BCUT2D eigenvalue weighted by molar-refractivity contribution is -0.143. The third kappa shape index (κ3) is 7.31. The van der Waals surface area contributed by atoms with Crippen LogP contribution in [0.3, 0.4) is 0 Å².